The lowest BCUT2D eigenvalue weighted by Crippen LogP contribution is -2.41. The van der Waals surface area contributed by atoms with Gasteiger partial charge in [-0.05, 0) is 31.0 Å². The van der Waals surface area contributed by atoms with E-state index in [4.69, 9.17) is 4.74 Å². The quantitative estimate of drug-likeness (QED) is 0.210. The van der Waals surface area contributed by atoms with Crippen LogP contribution in [0, 0.1) is 5.92 Å². The average Bonchev–Trinajstić information content (AvgIpc) is 3.46. The summed E-state index contributed by atoms with van der Waals surface area (Å²) in [5, 5.41) is 8.91. The van der Waals surface area contributed by atoms with Gasteiger partial charge in [0, 0.05) is 38.2 Å². The molecule has 3 N–H and O–H groups in total. The third kappa shape index (κ3) is 8.14. The van der Waals surface area contributed by atoms with Crippen molar-refractivity contribution in [3.05, 3.63) is 23.8 Å². The van der Waals surface area contributed by atoms with Crippen molar-refractivity contribution in [1.82, 2.24) is 16.0 Å². The molecule has 1 fully saturated rings. The highest BCUT2D eigenvalue weighted by atomic mass is 127. The Balaban J connectivity index is 0.00000364. The van der Waals surface area contributed by atoms with Gasteiger partial charge in [0.15, 0.2) is 5.96 Å². The lowest BCUT2D eigenvalue weighted by atomic mass is 10.2. The molecule has 0 aliphatic heterocycles. The van der Waals surface area contributed by atoms with Gasteiger partial charge in [0.05, 0.1) is 7.11 Å². The second kappa shape index (κ2) is 11.8. The molecular weight excluding hydrogens is 473 g/mol. The zero-order valence-electron chi connectivity index (χ0n) is 15.3. The predicted octanol–water partition coefficient (Wildman–Crippen LogP) is 2.11. The third-order valence-electron chi connectivity index (χ3n) is 3.82. The number of halogens is 3. The average molecular weight is 498 g/mol. The molecule has 0 bridgehead atoms. The summed E-state index contributed by atoms with van der Waals surface area (Å²) in [6.45, 7) is -1.71. The molecule has 1 amide bonds. The van der Waals surface area contributed by atoms with Gasteiger partial charge in [-0.1, -0.05) is 0 Å². The van der Waals surface area contributed by atoms with Gasteiger partial charge in [0.2, 0.25) is 5.91 Å². The maximum atomic E-state index is 12.5. The van der Waals surface area contributed by atoms with E-state index in [1.54, 1.807) is 19.2 Å². The van der Waals surface area contributed by atoms with Crippen molar-refractivity contribution in [2.24, 2.45) is 10.9 Å². The molecule has 0 unspecified atom stereocenters. The van der Waals surface area contributed by atoms with Crippen molar-refractivity contribution in [3.63, 3.8) is 0 Å². The number of benzene rings is 1. The van der Waals surface area contributed by atoms with E-state index in [0.717, 1.165) is 12.8 Å². The van der Waals surface area contributed by atoms with Crippen LogP contribution in [0.25, 0.3) is 0 Å². The molecule has 0 saturated heterocycles. The molecule has 0 spiro atoms. The summed E-state index contributed by atoms with van der Waals surface area (Å²) >= 11 is 0. The fourth-order valence-electron chi connectivity index (χ4n) is 2.29. The summed E-state index contributed by atoms with van der Waals surface area (Å²) in [6, 6.07) is 4.61. The summed E-state index contributed by atoms with van der Waals surface area (Å²) in [5.41, 5.74) is 0.509. The van der Waals surface area contributed by atoms with E-state index in [9.17, 15) is 13.6 Å². The van der Waals surface area contributed by atoms with Gasteiger partial charge in [-0.2, -0.15) is 8.78 Å². The van der Waals surface area contributed by atoms with Crippen molar-refractivity contribution in [2.45, 2.75) is 26.0 Å². The lowest BCUT2D eigenvalue weighted by molar-refractivity contribution is -0.122. The van der Waals surface area contributed by atoms with Crippen LogP contribution >= 0.6 is 24.0 Å². The largest absolute Gasteiger partial charge is 0.497 e. The molecule has 152 valence electrons. The van der Waals surface area contributed by atoms with Crippen LogP contribution in [0.4, 0.5) is 8.78 Å². The summed E-state index contributed by atoms with van der Waals surface area (Å²) in [6.07, 6.45) is 1.93. The molecule has 10 heteroatoms. The van der Waals surface area contributed by atoms with E-state index in [0.29, 0.717) is 30.4 Å². The highest BCUT2D eigenvalue weighted by Crippen LogP contribution is 2.28. The summed E-state index contributed by atoms with van der Waals surface area (Å²) in [7, 11) is 3.09. The number of carbonyl (C=O) groups excluding carboxylic acids is 1. The zero-order chi connectivity index (χ0) is 18.9. The Bertz CT molecular complexity index is 643. The van der Waals surface area contributed by atoms with Gasteiger partial charge < -0.3 is 25.4 Å². The van der Waals surface area contributed by atoms with Gasteiger partial charge in [-0.15, -0.1) is 24.0 Å². The fourth-order valence-corrected chi connectivity index (χ4v) is 2.29. The van der Waals surface area contributed by atoms with Crippen LogP contribution < -0.4 is 25.4 Å². The van der Waals surface area contributed by atoms with Crippen molar-refractivity contribution in [2.75, 3.05) is 27.2 Å². The first-order valence-corrected chi connectivity index (χ1v) is 8.37. The number of amides is 1. The maximum Gasteiger partial charge on any atom is 0.387 e. The molecule has 0 aromatic heterocycles. The normalized spacial score (nSPS) is 13.6. The predicted molar refractivity (Wildman–Crippen MR) is 109 cm³/mol. The number of hydrogen-bond acceptors (Lipinski definition) is 4. The van der Waals surface area contributed by atoms with Crippen LogP contribution in [0.2, 0.25) is 0 Å². The number of hydrogen-bond donors (Lipinski definition) is 3. The van der Waals surface area contributed by atoms with Gasteiger partial charge >= 0.3 is 6.61 Å². The van der Waals surface area contributed by atoms with Gasteiger partial charge in [0.25, 0.3) is 0 Å². The molecule has 1 aliphatic rings. The van der Waals surface area contributed by atoms with Crippen LogP contribution in [0.15, 0.2) is 23.2 Å². The van der Waals surface area contributed by atoms with E-state index >= 15 is 0 Å². The molecule has 7 nitrogen and oxygen atoms in total. The van der Waals surface area contributed by atoms with Crippen molar-refractivity contribution < 1.29 is 23.0 Å². The third-order valence-corrected chi connectivity index (χ3v) is 3.82. The van der Waals surface area contributed by atoms with Crippen molar-refractivity contribution in [1.29, 1.82) is 0 Å². The molecule has 2 rings (SSSR count). The molecular formula is C17H25F2IN4O3. The minimum atomic E-state index is -2.91. The van der Waals surface area contributed by atoms with E-state index in [2.05, 4.69) is 25.7 Å². The molecule has 27 heavy (non-hydrogen) atoms. The molecule has 0 atom stereocenters. The number of ether oxygens (including phenoxy) is 2. The Morgan fingerprint density at radius 1 is 1.26 bits per heavy atom. The molecule has 0 heterocycles. The molecule has 0 radical (unpaired) electrons. The van der Waals surface area contributed by atoms with Gasteiger partial charge in [0.1, 0.15) is 11.5 Å². The highest BCUT2D eigenvalue weighted by Gasteiger charge is 2.28. The number of guanidine groups is 1. The molecule has 1 aromatic rings. The zero-order valence-corrected chi connectivity index (χ0v) is 17.6. The minimum Gasteiger partial charge on any atom is -0.497 e. The van der Waals surface area contributed by atoms with Crippen LogP contribution in [-0.4, -0.2) is 45.7 Å². The van der Waals surface area contributed by atoms with Crippen molar-refractivity contribution in [3.8, 4) is 11.5 Å². The van der Waals surface area contributed by atoms with E-state index in [-0.39, 0.29) is 48.1 Å². The Morgan fingerprint density at radius 2 is 1.96 bits per heavy atom. The first-order chi connectivity index (χ1) is 12.5. The van der Waals surface area contributed by atoms with E-state index in [1.807, 2.05) is 0 Å². The number of nitrogens with one attached hydrogen (secondary N) is 3. The second-order valence-corrected chi connectivity index (χ2v) is 5.77. The van der Waals surface area contributed by atoms with Crippen LogP contribution in [0.5, 0.6) is 11.5 Å². The number of nitrogens with zero attached hydrogens (tertiary/aromatic N) is 1. The molecule has 1 saturated carbocycles. The first kappa shape index (κ1) is 23.2. The van der Waals surface area contributed by atoms with Crippen LogP contribution in [0.1, 0.15) is 18.4 Å². The Labute approximate surface area is 174 Å². The molecule has 1 aliphatic carbocycles. The highest BCUT2D eigenvalue weighted by molar-refractivity contribution is 14.0. The molecule has 1 aromatic carbocycles. The second-order valence-electron chi connectivity index (χ2n) is 5.77. The summed E-state index contributed by atoms with van der Waals surface area (Å²) in [4.78, 5) is 15.6. The van der Waals surface area contributed by atoms with Gasteiger partial charge in [-0.25, -0.2) is 0 Å². The standard InChI is InChI=1S/C17H24F2N4O3.HI/c1-20-17(22-8-7-21-15(24)11-3-4-11)23-10-12-9-13(25-2)5-6-14(12)26-16(18)19;/h5-6,9,11,16H,3-4,7-8,10H2,1-2H3,(H,21,24)(H2,20,22,23);1H. The topological polar surface area (TPSA) is 84.0 Å². The van der Waals surface area contributed by atoms with Crippen LogP contribution in [0.3, 0.4) is 0 Å². The smallest absolute Gasteiger partial charge is 0.387 e. The van der Waals surface area contributed by atoms with E-state index in [1.165, 1.54) is 13.2 Å². The number of methoxy groups -OCH3 is 1. The van der Waals surface area contributed by atoms with Crippen LogP contribution in [-0.2, 0) is 11.3 Å². The number of carbonyl (C=O) groups is 1. The number of alkyl halides is 2. The maximum absolute atomic E-state index is 12.5. The minimum absolute atomic E-state index is 0. The van der Waals surface area contributed by atoms with Crippen molar-refractivity contribution >= 4 is 35.8 Å². The SMILES string of the molecule is CN=C(NCCNC(=O)C1CC1)NCc1cc(OC)ccc1OC(F)F.I. The summed E-state index contributed by atoms with van der Waals surface area (Å²) in [5.74, 6) is 1.35. The Hall–Kier alpha value is -1.85. The number of rotatable bonds is 9. The van der Waals surface area contributed by atoms with Gasteiger partial charge in [-0.3, -0.25) is 9.79 Å². The Kier molecular flexibility index (Phi) is 10.1. The monoisotopic (exact) mass is 498 g/mol. The number of aliphatic imine (C=N–C) groups is 1. The van der Waals surface area contributed by atoms with E-state index < -0.39 is 6.61 Å². The lowest BCUT2D eigenvalue weighted by Gasteiger charge is -2.15. The Morgan fingerprint density at radius 3 is 2.56 bits per heavy atom. The first-order valence-electron chi connectivity index (χ1n) is 8.37. The fraction of sp³-hybridized carbons (Fsp3) is 0.529. The summed E-state index contributed by atoms with van der Waals surface area (Å²) < 4.78 is 34.7.